The van der Waals surface area contributed by atoms with E-state index in [1.807, 2.05) is 30.3 Å². The minimum Gasteiger partial charge on any atom is -0.318 e. The predicted octanol–water partition coefficient (Wildman–Crippen LogP) is 3.98. The summed E-state index contributed by atoms with van der Waals surface area (Å²) >= 11 is 1.70. The summed E-state index contributed by atoms with van der Waals surface area (Å²) in [5.41, 5.74) is 1.80. The average molecular weight is 346 g/mol. The molecule has 120 valence electrons. The molecule has 0 aromatic heterocycles. The van der Waals surface area contributed by atoms with Gasteiger partial charge in [-0.2, -0.15) is 0 Å². The molecular weight excluding hydrogens is 326 g/mol. The molecule has 0 fully saturated rings. The summed E-state index contributed by atoms with van der Waals surface area (Å²) in [6, 6.07) is 18.4. The van der Waals surface area contributed by atoms with Gasteiger partial charge in [0, 0.05) is 22.3 Å². The Morgan fingerprint density at radius 2 is 1.78 bits per heavy atom. The van der Waals surface area contributed by atoms with Gasteiger partial charge in [0.1, 0.15) is 5.71 Å². The molecule has 0 amide bonds. The first-order valence-corrected chi connectivity index (χ1v) is 10.2. The number of hydrogen-bond acceptors (Lipinski definition) is 4. The summed E-state index contributed by atoms with van der Waals surface area (Å²) in [6.45, 7) is 1.36. The average Bonchev–Trinajstić information content (AvgIpc) is 2.52. The van der Waals surface area contributed by atoms with Gasteiger partial charge in [-0.25, -0.2) is 4.79 Å². The number of hydrogen-bond donors (Lipinski definition) is 0. The van der Waals surface area contributed by atoms with E-state index in [1.165, 1.54) is 11.8 Å². The number of carbonyl (C=O) groups is 1. The van der Waals surface area contributed by atoms with Gasteiger partial charge >= 0.3 is 5.97 Å². The Labute approximate surface area is 144 Å². The normalized spacial score (nSPS) is 11.6. The largest absolute Gasteiger partial charge is 0.331 e. The Kier molecular flexibility index (Phi) is 6.74. The summed E-state index contributed by atoms with van der Waals surface area (Å²) in [7, 11) is 0.166. The van der Waals surface area contributed by atoms with Crippen molar-refractivity contribution in [2.45, 2.75) is 16.7 Å². The van der Waals surface area contributed by atoms with Crippen molar-refractivity contribution in [3.8, 4) is 0 Å². The molecule has 0 saturated carbocycles. The molecule has 23 heavy (non-hydrogen) atoms. The third-order valence-corrected chi connectivity index (χ3v) is 4.70. The van der Waals surface area contributed by atoms with E-state index in [9.17, 15) is 4.79 Å². The fourth-order valence-electron chi connectivity index (χ4n) is 1.92. The molecular formula is C18H20NO2S2+. The maximum absolute atomic E-state index is 11.0. The van der Waals surface area contributed by atoms with E-state index in [4.69, 9.17) is 4.84 Å². The summed E-state index contributed by atoms with van der Waals surface area (Å²) in [5, 5.41) is 4.05. The lowest BCUT2D eigenvalue weighted by Gasteiger charge is -2.07. The van der Waals surface area contributed by atoms with Crippen molar-refractivity contribution in [3.05, 3.63) is 60.2 Å². The lowest BCUT2D eigenvalue weighted by Crippen LogP contribution is -2.16. The van der Waals surface area contributed by atoms with Crippen LogP contribution in [-0.2, 0) is 20.5 Å². The molecule has 0 aliphatic rings. The van der Waals surface area contributed by atoms with Gasteiger partial charge in [0.25, 0.3) is 0 Å². The van der Waals surface area contributed by atoms with Crippen molar-refractivity contribution < 1.29 is 9.63 Å². The number of oxime groups is 1. The molecule has 0 aliphatic heterocycles. The highest BCUT2D eigenvalue weighted by Crippen LogP contribution is 2.28. The summed E-state index contributed by atoms with van der Waals surface area (Å²) < 4.78 is 0. The molecule has 0 heterocycles. The Balaban J connectivity index is 2.24. The highest BCUT2D eigenvalue weighted by Gasteiger charge is 2.14. The van der Waals surface area contributed by atoms with Crippen LogP contribution in [0.3, 0.4) is 0 Å². The van der Waals surface area contributed by atoms with Gasteiger partial charge in [-0.1, -0.05) is 47.2 Å². The zero-order chi connectivity index (χ0) is 16.7. The van der Waals surface area contributed by atoms with Gasteiger partial charge < -0.3 is 4.84 Å². The highest BCUT2D eigenvalue weighted by molar-refractivity contribution is 7.99. The smallest absolute Gasteiger partial charge is 0.318 e. The standard InChI is InChI=1S/C18H20NO2S2/c1-14(20)21-19-18(13-23(2)3)15-8-7-11-17(12-15)22-16-9-5-4-6-10-16/h4-12H,13H2,1-3H3/q+1. The van der Waals surface area contributed by atoms with E-state index >= 15 is 0 Å². The van der Waals surface area contributed by atoms with Gasteiger partial charge in [-0.15, -0.1) is 0 Å². The summed E-state index contributed by atoms with van der Waals surface area (Å²) in [6.07, 6.45) is 4.29. The molecule has 2 aromatic rings. The molecule has 0 aliphatic carbocycles. The lowest BCUT2D eigenvalue weighted by molar-refractivity contribution is -0.140. The van der Waals surface area contributed by atoms with Crippen LogP contribution in [0.15, 0.2) is 69.5 Å². The number of rotatable bonds is 6. The Morgan fingerprint density at radius 1 is 1.09 bits per heavy atom. The molecule has 0 N–H and O–H groups in total. The number of benzene rings is 2. The molecule has 0 spiro atoms. The molecule has 5 heteroatoms. The van der Waals surface area contributed by atoms with Gasteiger partial charge in [-0.05, 0) is 35.2 Å². The van der Waals surface area contributed by atoms with Gasteiger partial charge in [0.2, 0.25) is 0 Å². The van der Waals surface area contributed by atoms with E-state index in [-0.39, 0.29) is 10.9 Å². The second-order valence-corrected chi connectivity index (χ2v) is 8.60. The quantitative estimate of drug-likeness (QED) is 0.344. The van der Waals surface area contributed by atoms with Crippen LogP contribution in [0.25, 0.3) is 0 Å². The molecule has 0 atom stereocenters. The van der Waals surface area contributed by atoms with Crippen molar-refractivity contribution in [1.29, 1.82) is 0 Å². The van der Waals surface area contributed by atoms with Gasteiger partial charge in [0.05, 0.1) is 12.5 Å². The van der Waals surface area contributed by atoms with Crippen molar-refractivity contribution in [3.63, 3.8) is 0 Å². The minimum absolute atomic E-state index is 0.166. The molecule has 0 saturated heterocycles. The molecule has 3 nitrogen and oxygen atoms in total. The minimum atomic E-state index is -0.399. The van der Waals surface area contributed by atoms with Crippen molar-refractivity contribution in [2.24, 2.45) is 5.16 Å². The zero-order valence-electron chi connectivity index (χ0n) is 13.5. The molecule has 0 radical (unpaired) electrons. The van der Waals surface area contributed by atoms with Crippen LogP contribution in [0.4, 0.5) is 0 Å². The van der Waals surface area contributed by atoms with Crippen LogP contribution < -0.4 is 0 Å². The second-order valence-electron chi connectivity index (χ2n) is 5.19. The fourth-order valence-corrected chi connectivity index (χ4v) is 3.58. The van der Waals surface area contributed by atoms with Crippen LogP contribution in [0.1, 0.15) is 12.5 Å². The van der Waals surface area contributed by atoms with E-state index in [1.54, 1.807) is 11.8 Å². The van der Waals surface area contributed by atoms with Crippen LogP contribution in [0.5, 0.6) is 0 Å². The maximum atomic E-state index is 11.0. The van der Waals surface area contributed by atoms with Crippen molar-refractivity contribution >= 4 is 34.3 Å². The number of carbonyl (C=O) groups excluding carboxylic acids is 1. The maximum Gasteiger partial charge on any atom is 0.331 e. The molecule has 0 unspecified atom stereocenters. The Hall–Kier alpha value is -1.72. The summed E-state index contributed by atoms with van der Waals surface area (Å²) in [5.74, 6) is 0.386. The van der Waals surface area contributed by atoms with Gasteiger partial charge in [0.15, 0.2) is 5.75 Å². The van der Waals surface area contributed by atoms with Crippen molar-refractivity contribution in [2.75, 3.05) is 18.3 Å². The van der Waals surface area contributed by atoms with Crippen LogP contribution >= 0.6 is 11.8 Å². The van der Waals surface area contributed by atoms with E-state index in [0.29, 0.717) is 0 Å². The third kappa shape index (κ3) is 6.12. The van der Waals surface area contributed by atoms with Crippen molar-refractivity contribution in [1.82, 2.24) is 0 Å². The van der Waals surface area contributed by atoms with E-state index in [2.05, 4.69) is 41.9 Å². The number of nitrogens with zero attached hydrogens (tertiary/aromatic N) is 1. The second kappa shape index (κ2) is 8.79. The first kappa shape index (κ1) is 17.6. The SMILES string of the molecule is CC(=O)ON=C(C[S+](C)C)c1cccc(Sc2ccccc2)c1. The first-order chi connectivity index (χ1) is 11.0. The first-order valence-electron chi connectivity index (χ1n) is 7.16. The van der Waals surface area contributed by atoms with Crippen LogP contribution in [0, 0.1) is 0 Å². The fraction of sp³-hybridized carbons (Fsp3) is 0.222. The van der Waals surface area contributed by atoms with Crippen LogP contribution in [-0.4, -0.2) is 29.9 Å². The highest BCUT2D eigenvalue weighted by atomic mass is 32.2. The van der Waals surface area contributed by atoms with E-state index < -0.39 is 5.97 Å². The third-order valence-electron chi connectivity index (χ3n) is 2.86. The topological polar surface area (TPSA) is 38.7 Å². The van der Waals surface area contributed by atoms with E-state index in [0.717, 1.165) is 21.9 Å². The summed E-state index contributed by atoms with van der Waals surface area (Å²) in [4.78, 5) is 18.2. The van der Waals surface area contributed by atoms with Gasteiger partial charge in [-0.3, -0.25) is 0 Å². The Bertz CT molecular complexity index is 684. The predicted molar refractivity (Wildman–Crippen MR) is 99.4 cm³/mol. The monoisotopic (exact) mass is 346 g/mol. The Morgan fingerprint density at radius 3 is 2.43 bits per heavy atom. The molecule has 2 rings (SSSR count). The zero-order valence-corrected chi connectivity index (χ0v) is 15.1. The lowest BCUT2D eigenvalue weighted by atomic mass is 10.1. The van der Waals surface area contributed by atoms with Crippen LogP contribution in [0.2, 0.25) is 0 Å². The molecule has 2 aromatic carbocycles. The molecule has 0 bridgehead atoms.